The number of anilines is 2. The van der Waals surface area contributed by atoms with Crippen LogP contribution in [0.15, 0.2) is 36.4 Å². The summed E-state index contributed by atoms with van der Waals surface area (Å²) in [5, 5.41) is 16.4. The molecule has 2 amide bonds. The Morgan fingerprint density at radius 2 is 1.81 bits per heavy atom. The van der Waals surface area contributed by atoms with Gasteiger partial charge in [-0.2, -0.15) is 0 Å². The summed E-state index contributed by atoms with van der Waals surface area (Å²) in [5.41, 5.74) is 2.76. The molecule has 0 radical (unpaired) electrons. The number of hydrogen-bond acceptors (Lipinski definition) is 7. The number of nitrogens with zero attached hydrogens (tertiary/aromatic N) is 2. The van der Waals surface area contributed by atoms with Crippen LogP contribution in [0, 0.1) is 6.92 Å². The Hall–Kier alpha value is -3.14. The molecular weight excluding hydrogens is 460 g/mol. The molecule has 2 aromatic carbocycles. The number of nitrogens with one attached hydrogen (secondary N) is 2. The highest BCUT2D eigenvalue weighted by Gasteiger charge is 2.39. The van der Waals surface area contributed by atoms with Gasteiger partial charge in [-0.25, -0.2) is 0 Å². The molecule has 9 nitrogen and oxygen atoms in total. The van der Waals surface area contributed by atoms with Gasteiger partial charge in [0.25, 0.3) is 0 Å². The third-order valence-corrected chi connectivity index (χ3v) is 6.90. The summed E-state index contributed by atoms with van der Waals surface area (Å²) in [4.78, 5) is 29.3. The average Bonchev–Trinajstić information content (AvgIpc) is 3.08. The summed E-state index contributed by atoms with van der Waals surface area (Å²) in [7, 11) is 1.59. The van der Waals surface area contributed by atoms with Crippen molar-refractivity contribution in [2.45, 2.75) is 32.3 Å². The minimum absolute atomic E-state index is 0.0292. The molecule has 1 unspecified atom stereocenters. The van der Waals surface area contributed by atoms with Crippen LogP contribution in [0.3, 0.4) is 0 Å². The number of amides is 2. The molecule has 0 bridgehead atoms. The van der Waals surface area contributed by atoms with Crippen molar-refractivity contribution in [2.24, 2.45) is 0 Å². The number of β-amino-alcohol motifs (C(OH)–C–C–N with tert-alkyl or cyclic N) is 1. The van der Waals surface area contributed by atoms with Crippen molar-refractivity contribution in [1.82, 2.24) is 9.80 Å². The van der Waals surface area contributed by atoms with Crippen molar-refractivity contribution in [3.8, 4) is 11.5 Å². The monoisotopic (exact) mass is 496 g/mol. The highest BCUT2D eigenvalue weighted by molar-refractivity contribution is 6.07. The Balaban J connectivity index is 1.22. The van der Waals surface area contributed by atoms with E-state index in [4.69, 9.17) is 9.47 Å². The van der Waals surface area contributed by atoms with Crippen LogP contribution in [0.2, 0.25) is 0 Å². The predicted molar refractivity (Wildman–Crippen MR) is 139 cm³/mol. The number of aliphatic hydroxyl groups excluding tert-OH is 1. The maximum Gasteiger partial charge on any atom is 0.238 e. The van der Waals surface area contributed by atoms with Crippen LogP contribution in [-0.4, -0.2) is 85.8 Å². The summed E-state index contributed by atoms with van der Waals surface area (Å²) in [6, 6.07) is 11.2. The van der Waals surface area contributed by atoms with Crippen molar-refractivity contribution in [3.63, 3.8) is 0 Å². The summed E-state index contributed by atoms with van der Waals surface area (Å²) in [5.74, 6) is 1.14. The smallest absolute Gasteiger partial charge is 0.238 e. The fourth-order valence-electron chi connectivity index (χ4n) is 4.72. The first-order valence-electron chi connectivity index (χ1n) is 12.3. The maximum atomic E-state index is 12.7. The van der Waals surface area contributed by atoms with E-state index in [0.717, 1.165) is 43.0 Å². The number of piperazine rings is 1. The largest absolute Gasteiger partial charge is 0.493 e. The molecule has 0 saturated carbocycles. The first kappa shape index (κ1) is 25.9. The van der Waals surface area contributed by atoms with E-state index in [2.05, 4.69) is 20.4 Å². The van der Waals surface area contributed by atoms with Crippen LogP contribution in [0.5, 0.6) is 11.5 Å². The fourth-order valence-corrected chi connectivity index (χ4v) is 4.72. The number of hydrogen-bond donors (Lipinski definition) is 3. The minimum atomic E-state index is -0.626. The van der Waals surface area contributed by atoms with Gasteiger partial charge in [0.2, 0.25) is 11.8 Å². The van der Waals surface area contributed by atoms with Gasteiger partial charge in [0, 0.05) is 44.1 Å². The number of fused-ring (bicyclic) bond motifs is 1. The molecule has 3 N–H and O–H groups in total. The lowest BCUT2D eigenvalue weighted by Gasteiger charge is -2.35. The van der Waals surface area contributed by atoms with Crippen molar-refractivity contribution in [2.75, 3.05) is 63.6 Å². The number of methoxy groups -OCH3 is 1. The molecule has 1 atom stereocenters. The first-order chi connectivity index (χ1) is 17.2. The van der Waals surface area contributed by atoms with Crippen molar-refractivity contribution >= 4 is 23.2 Å². The number of para-hydroxylation sites is 2. The normalized spacial score (nSPS) is 18.3. The number of carbonyl (C=O) groups is 2. The number of rotatable bonds is 9. The van der Waals surface area contributed by atoms with E-state index >= 15 is 0 Å². The molecule has 2 aromatic rings. The Labute approximate surface area is 212 Å². The molecule has 1 fully saturated rings. The van der Waals surface area contributed by atoms with Crippen molar-refractivity contribution in [3.05, 3.63) is 47.5 Å². The molecule has 0 aromatic heterocycles. The second-order valence-corrected chi connectivity index (χ2v) is 10.0. The maximum absolute atomic E-state index is 12.7. The van der Waals surface area contributed by atoms with Gasteiger partial charge in [-0.05, 0) is 56.2 Å². The van der Waals surface area contributed by atoms with Crippen LogP contribution < -0.4 is 20.1 Å². The zero-order valence-corrected chi connectivity index (χ0v) is 21.5. The van der Waals surface area contributed by atoms with E-state index in [1.807, 2.05) is 57.2 Å². The van der Waals surface area contributed by atoms with Crippen molar-refractivity contribution in [1.29, 1.82) is 0 Å². The van der Waals surface area contributed by atoms with Crippen LogP contribution in [-0.2, 0) is 15.0 Å². The third kappa shape index (κ3) is 5.80. The summed E-state index contributed by atoms with van der Waals surface area (Å²) in [6.45, 7) is 9.70. The zero-order valence-electron chi connectivity index (χ0n) is 21.5. The lowest BCUT2D eigenvalue weighted by Crippen LogP contribution is -2.50. The quantitative estimate of drug-likeness (QED) is 0.489. The van der Waals surface area contributed by atoms with E-state index in [1.54, 1.807) is 7.11 Å². The number of ether oxygens (including phenoxy) is 2. The Kier molecular flexibility index (Phi) is 7.82. The Bertz CT molecular complexity index is 1110. The van der Waals surface area contributed by atoms with Gasteiger partial charge in [0.1, 0.15) is 12.7 Å². The summed E-state index contributed by atoms with van der Waals surface area (Å²) < 4.78 is 11.0. The zero-order chi connectivity index (χ0) is 25.9. The molecule has 194 valence electrons. The topological polar surface area (TPSA) is 103 Å². The number of carbonyl (C=O) groups excluding carboxylic acids is 2. The molecule has 9 heteroatoms. The van der Waals surface area contributed by atoms with Gasteiger partial charge < -0.3 is 25.2 Å². The molecule has 0 spiro atoms. The second kappa shape index (κ2) is 10.9. The lowest BCUT2D eigenvalue weighted by atomic mass is 9.85. The van der Waals surface area contributed by atoms with E-state index in [0.29, 0.717) is 30.3 Å². The van der Waals surface area contributed by atoms with Gasteiger partial charge in [0.15, 0.2) is 11.5 Å². The molecule has 4 rings (SSSR count). The van der Waals surface area contributed by atoms with E-state index in [-0.39, 0.29) is 18.4 Å². The Morgan fingerprint density at radius 1 is 1.14 bits per heavy atom. The van der Waals surface area contributed by atoms with Gasteiger partial charge in [-0.15, -0.1) is 0 Å². The molecule has 1 saturated heterocycles. The van der Waals surface area contributed by atoms with Gasteiger partial charge in [0.05, 0.1) is 19.1 Å². The van der Waals surface area contributed by atoms with E-state index in [9.17, 15) is 14.7 Å². The van der Waals surface area contributed by atoms with Gasteiger partial charge in [-0.3, -0.25) is 19.4 Å². The van der Waals surface area contributed by atoms with Crippen LogP contribution >= 0.6 is 0 Å². The van der Waals surface area contributed by atoms with E-state index in [1.165, 1.54) is 0 Å². The molecular formula is C27H36N4O5. The summed E-state index contributed by atoms with van der Waals surface area (Å²) in [6.07, 6.45) is -0.626. The number of aryl methyl sites for hydroxylation is 1. The molecule has 2 aliphatic rings. The lowest BCUT2D eigenvalue weighted by molar-refractivity contribution is -0.120. The first-order valence-corrected chi connectivity index (χ1v) is 12.3. The van der Waals surface area contributed by atoms with E-state index < -0.39 is 11.5 Å². The number of aliphatic hydroxyl groups is 1. The van der Waals surface area contributed by atoms with Gasteiger partial charge in [-0.1, -0.05) is 12.1 Å². The standard InChI is InChI=1S/C27H36N4O5/c1-18-13-19(14-21-25(18)29-26(34)27(21,2)3)28-24(33)16-31-11-9-30(10-12-31)15-20(32)17-36-23-8-6-5-7-22(23)35-4/h5-8,13-14,20,32H,9-12,15-17H2,1-4H3,(H,28,33)(H,29,34). The second-order valence-electron chi connectivity index (χ2n) is 10.0. The highest BCUT2D eigenvalue weighted by atomic mass is 16.5. The van der Waals surface area contributed by atoms with Crippen LogP contribution in [0.4, 0.5) is 11.4 Å². The SMILES string of the molecule is COc1ccccc1OCC(O)CN1CCN(CC(=O)Nc2cc(C)c3c(c2)C(C)(C)C(=O)N3)CC1. The molecule has 0 aliphatic carbocycles. The average molecular weight is 497 g/mol. The van der Waals surface area contributed by atoms with Crippen molar-refractivity contribution < 1.29 is 24.2 Å². The Morgan fingerprint density at radius 3 is 2.50 bits per heavy atom. The third-order valence-electron chi connectivity index (χ3n) is 6.90. The van der Waals surface area contributed by atoms with Crippen LogP contribution in [0.1, 0.15) is 25.0 Å². The fraction of sp³-hybridized carbons (Fsp3) is 0.481. The van der Waals surface area contributed by atoms with Gasteiger partial charge >= 0.3 is 0 Å². The highest BCUT2D eigenvalue weighted by Crippen LogP contribution is 2.41. The number of benzene rings is 2. The predicted octanol–water partition coefficient (Wildman–Crippen LogP) is 2.23. The minimum Gasteiger partial charge on any atom is -0.493 e. The molecule has 2 aliphatic heterocycles. The molecule has 36 heavy (non-hydrogen) atoms. The molecule has 2 heterocycles. The summed E-state index contributed by atoms with van der Waals surface area (Å²) >= 11 is 0. The van der Waals surface area contributed by atoms with Crippen LogP contribution in [0.25, 0.3) is 0 Å².